The van der Waals surface area contributed by atoms with Crippen LogP contribution in [0.1, 0.15) is 104 Å². The van der Waals surface area contributed by atoms with E-state index in [9.17, 15) is 24.4 Å². The minimum absolute atomic E-state index is 0.00570. The molecule has 1 aliphatic carbocycles. The van der Waals surface area contributed by atoms with Gasteiger partial charge in [0.2, 0.25) is 11.8 Å². The van der Waals surface area contributed by atoms with Gasteiger partial charge in [0.05, 0.1) is 36.6 Å². The van der Waals surface area contributed by atoms with E-state index in [1.807, 2.05) is 7.05 Å². The number of anilines is 1. The lowest BCUT2D eigenvalue weighted by Gasteiger charge is -2.44. The molecule has 2 saturated heterocycles. The van der Waals surface area contributed by atoms with Crippen molar-refractivity contribution in [3.8, 4) is 6.07 Å². The van der Waals surface area contributed by atoms with E-state index in [4.69, 9.17) is 4.74 Å². The predicted octanol–water partition coefficient (Wildman–Crippen LogP) is 5.23. The van der Waals surface area contributed by atoms with Crippen LogP contribution < -0.4 is 15.5 Å². The number of benzene rings is 2. The van der Waals surface area contributed by atoms with Crippen LogP contribution in [0.15, 0.2) is 54.7 Å². The van der Waals surface area contributed by atoms with Gasteiger partial charge in [0, 0.05) is 37.7 Å². The number of piperidine rings is 1. The lowest BCUT2D eigenvalue weighted by Crippen LogP contribution is -2.64. The molecule has 0 bridgehead atoms. The van der Waals surface area contributed by atoms with Crippen molar-refractivity contribution >= 4 is 29.3 Å². The molecule has 6 rings (SSSR count). The topological polar surface area (TPSA) is 153 Å². The van der Waals surface area contributed by atoms with E-state index in [0.717, 1.165) is 43.0 Å². The molecule has 2 N–H and O–H groups in total. The van der Waals surface area contributed by atoms with Crippen LogP contribution in [0.3, 0.4) is 0 Å². The number of likely N-dealkylation sites (tertiary alicyclic amines) is 1. The lowest BCUT2D eigenvalue weighted by atomic mass is 9.90. The number of carbonyl (C=O) groups excluding carboxylic acids is 4. The Kier molecular flexibility index (Phi) is 13.2. The molecule has 3 fully saturated rings. The first-order valence-corrected chi connectivity index (χ1v) is 20.0. The van der Waals surface area contributed by atoms with Crippen LogP contribution >= 0.6 is 0 Å². The summed E-state index contributed by atoms with van der Waals surface area (Å²) in [6.07, 6.45) is 5.70. The minimum atomic E-state index is -4.08. The third kappa shape index (κ3) is 9.05. The second kappa shape index (κ2) is 18.1. The van der Waals surface area contributed by atoms with Crippen LogP contribution in [0, 0.1) is 17.1 Å². The van der Waals surface area contributed by atoms with Crippen molar-refractivity contribution in [1.82, 2.24) is 30.2 Å². The average Bonchev–Trinajstić information content (AvgIpc) is 3.60. The number of rotatable bonds is 11. The zero-order valence-electron chi connectivity index (χ0n) is 33.2. The van der Waals surface area contributed by atoms with Crippen molar-refractivity contribution < 1.29 is 37.1 Å². The van der Waals surface area contributed by atoms with E-state index in [0.29, 0.717) is 63.2 Å². The molecule has 16 heteroatoms. The quantitative estimate of drug-likeness (QED) is 0.198. The van der Waals surface area contributed by atoms with Crippen LogP contribution in [0.4, 0.5) is 18.9 Å². The zero-order valence-corrected chi connectivity index (χ0v) is 33.2. The van der Waals surface area contributed by atoms with Gasteiger partial charge in [-0.05, 0) is 94.6 Å². The Morgan fingerprint density at radius 2 is 1.69 bits per heavy atom. The lowest BCUT2D eigenvalue weighted by molar-refractivity contribution is -0.149. The maximum absolute atomic E-state index is 16.7. The van der Waals surface area contributed by atoms with Crippen molar-refractivity contribution in [2.24, 2.45) is 0 Å². The fourth-order valence-electron chi connectivity index (χ4n) is 8.43. The second-order valence-electron chi connectivity index (χ2n) is 15.6. The Balaban J connectivity index is 1.31. The highest BCUT2D eigenvalue weighted by atomic mass is 19.3. The molecule has 58 heavy (non-hydrogen) atoms. The summed E-state index contributed by atoms with van der Waals surface area (Å²) in [6.45, 7) is 5.85. The SMILES string of the molecule is CC(=O)N(c1ccc([C@H](C)[C@@H](NC(=O)c2ccnn2C2CCN(C)CC2)C(=O)N2CCOCC2)cc1F)C1(NC(=O)C(F)(F)c2cccc(C#N)c2)CCCCCC1. The fraction of sp³-hybridized carbons (Fsp3) is 0.524. The number of nitrogens with one attached hydrogen (secondary N) is 2. The molecule has 0 spiro atoms. The summed E-state index contributed by atoms with van der Waals surface area (Å²) in [5.74, 6) is -8.96. The molecule has 3 aromatic rings. The molecule has 2 atom stereocenters. The van der Waals surface area contributed by atoms with E-state index in [-0.39, 0.29) is 36.0 Å². The van der Waals surface area contributed by atoms with Crippen LogP contribution in [0.5, 0.6) is 0 Å². The number of carbonyl (C=O) groups is 4. The highest BCUT2D eigenvalue weighted by Crippen LogP contribution is 2.39. The van der Waals surface area contributed by atoms with Crippen LogP contribution in [-0.4, -0.2) is 101 Å². The maximum atomic E-state index is 16.7. The van der Waals surface area contributed by atoms with Gasteiger partial charge in [0.15, 0.2) is 0 Å². The second-order valence-corrected chi connectivity index (χ2v) is 15.6. The Labute approximate surface area is 336 Å². The monoisotopic (exact) mass is 804 g/mol. The van der Waals surface area contributed by atoms with Gasteiger partial charge in [-0.25, -0.2) is 4.39 Å². The van der Waals surface area contributed by atoms with Gasteiger partial charge in [0.25, 0.3) is 11.8 Å². The van der Waals surface area contributed by atoms with E-state index >= 15 is 13.2 Å². The van der Waals surface area contributed by atoms with Gasteiger partial charge in [-0.3, -0.25) is 28.8 Å². The number of hydrogen-bond acceptors (Lipinski definition) is 8. The molecule has 0 radical (unpaired) electrons. The van der Waals surface area contributed by atoms with Crippen molar-refractivity contribution in [3.05, 3.63) is 82.9 Å². The average molecular weight is 805 g/mol. The van der Waals surface area contributed by atoms with Gasteiger partial charge in [0.1, 0.15) is 23.2 Å². The van der Waals surface area contributed by atoms with Crippen molar-refractivity contribution in [1.29, 1.82) is 5.26 Å². The predicted molar refractivity (Wildman–Crippen MR) is 208 cm³/mol. The fourth-order valence-corrected chi connectivity index (χ4v) is 8.43. The number of amides is 4. The summed E-state index contributed by atoms with van der Waals surface area (Å²) in [5.41, 5.74) is -2.04. The van der Waals surface area contributed by atoms with E-state index < -0.39 is 52.6 Å². The van der Waals surface area contributed by atoms with Crippen molar-refractivity contribution in [2.75, 3.05) is 51.3 Å². The first-order chi connectivity index (χ1) is 27.8. The minimum Gasteiger partial charge on any atom is -0.378 e. The number of morpholine rings is 1. The third-order valence-electron chi connectivity index (χ3n) is 11.7. The molecule has 2 aromatic carbocycles. The number of ether oxygens (including phenoxy) is 1. The van der Waals surface area contributed by atoms with E-state index in [1.54, 1.807) is 40.9 Å². The first kappa shape index (κ1) is 42.3. The number of halogens is 3. The number of nitriles is 1. The molecule has 310 valence electrons. The molecule has 1 aromatic heterocycles. The number of alkyl halides is 2. The highest BCUT2D eigenvalue weighted by Gasteiger charge is 2.49. The summed E-state index contributed by atoms with van der Waals surface area (Å²) in [6, 6.07) is 10.9. The largest absolute Gasteiger partial charge is 0.378 e. The molecule has 2 aliphatic heterocycles. The van der Waals surface area contributed by atoms with E-state index in [1.165, 1.54) is 31.2 Å². The molecule has 1 saturated carbocycles. The first-order valence-electron chi connectivity index (χ1n) is 20.0. The summed E-state index contributed by atoms with van der Waals surface area (Å²) in [7, 11) is 2.04. The molecule has 3 aliphatic rings. The van der Waals surface area contributed by atoms with Crippen LogP contribution in [0.2, 0.25) is 0 Å². The van der Waals surface area contributed by atoms with Crippen LogP contribution in [-0.2, 0) is 25.0 Å². The van der Waals surface area contributed by atoms with Gasteiger partial charge in [-0.2, -0.15) is 19.1 Å². The van der Waals surface area contributed by atoms with E-state index in [2.05, 4.69) is 20.6 Å². The van der Waals surface area contributed by atoms with Gasteiger partial charge >= 0.3 is 5.92 Å². The third-order valence-corrected chi connectivity index (χ3v) is 11.7. The summed E-state index contributed by atoms with van der Waals surface area (Å²) >= 11 is 0. The van der Waals surface area contributed by atoms with Gasteiger partial charge < -0.3 is 25.2 Å². The van der Waals surface area contributed by atoms with Gasteiger partial charge in [-0.1, -0.05) is 38.0 Å². The van der Waals surface area contributed by atoms with Crippen molar-refractivity contribution in [2.45, 2.75) is 94.8 Å². The normalized spacial score (nSPS) is 18.9. The number of hydrogen-bond donors (Lipinski definition) is 2. The van der Waals surface area contributed by atoms with Gasteiger partial charge in [-0.15, -0.1) is 0 Å². The highest BCUT2D eigenvalue weighted by molar-refractivity contribution is 5.97. The summed E-state index contributed by atoms with van der Waals surface area (Å²) < 4.78 is 55.4. The summed E-state index contributed by atoms with van der Waals surface area (Å²) in [4.78, 5) is 60.1. The Morgan fingerprint density at radius 3 is 2.33 bits per heavy atom. The number of aromatic nitrogens is 2. The molecular formula is C42H51F3N8O5. The molecule has 13 nitrogen and oxygen atoms in total. The standard InChI is InChI=1S/C42H51F3N8O5/c1-28(37(39(56)51-21-23-58-24-22-51)48-38(55)36-13-18-47-53(36)33-14-19-50(3)20-15-33)31-11-12-35(34(43)26-31)52(29(2)54)41(16-6-4-5-7-17-41)49-40(57)42(44,45)32-10-8-9-30(25-32)27-46/h8-13,18,25-26,28,33,37H,4-7,14-17,19-24H2,1-3H3,(H,48,55)(H,49,57)/t28-,37+/m0/s1. The van der Waals surface area contributed by atoms with Crippen molar-refractivity contribution in [3.63, 3.8) is 0 Å². The van der Waals surface area contributed by atoms with Crippen LogP contribution in [0.25, 0.3) is 0 Å². The summed E-state index contributed by atoms with van der Waals surface area (Å²) in [5, 5.41) is 19.1. The molecule has 0 unspecified atom stereocenters. The Morgan fingerprint density at radius 1 is 1.00 bits per heavy atom. The molecule has 4 amide bonds. The Hall–Kier alpha value is -5.27. The molecule has 3 heterocycles. The zero-order chi connectivity index (χ0) is 41.6. The molecular weight excluding hydrogens is 754 g/mol. The smallest absolute Gasteiger partial charge is 0.349 e. The number of nitrogens with zero attached hydrogens (tertiary/aromatic N) is 6. The maximum Gasteiger partial charge on any atom is 0.349 e. The Bertz CT molecular complexity index is 2010.